The number of nitrogens with zero attached hydrogens (tertiary/aromatic N) is 1. The van der Waals surface area contributed by atoms with Crippen molar-refractivity contribution >= 4 is 27.8 Å². The first kappa shape index (κ1) is 45.5. The van der Waals surface area contributed by atoms with Crippen LogP contribution in [0.25, 0.3) is 0 Å². The first-order valence-corrected chi connectivity index (χ1v) is 20.7. The summed E-state index contributed by atoms with van der Waals surface area (Å²) >= 11 is 3.49. The monoisotopic (exact) mass is 688 g/mol. The van der Waals surface area contributed by atoms with Crippen LogP contribution >= 0.6 is 15.9 Å². The van der Waals surface area contributed by atoms with E-state index in [1.54, 1.807) is 0 Å². The Labute approximate surface area is 285 Å². The Morgan fingerprint density at radius 2 is 0.955 bits per heavy atom. The molecule has 0 heterocycles. The Balaban J connectivity index is 0. The molecule has 0 N–H and O–H groups in total. The molecule has 4 nitrogen and oxygen atoms in total. The van der Waals surface area contributed by atoms with Crippen molar-refractivity contribution in [3.63, 3.8) is 0 Å². The van der Waals surface area contributed by atoms with Gasteiger partial charge in [0.1, 0.15) is 0 Å². The summed E-state index contributed by atoms with van der Waals surface area (Å²) in [5.41, 5.74) is 0. The zero-order valence-corrected chi connectivity index (χ0v) is 32.1. The molecule has 0 aromatic rings. The van der Waals surface area contributed by atoms with Crippen molar-refractivity contribution in [2.24, 2.45) is 5.92 Å². The van der Waals surface area contributed by atoms with E-state index in [-0.39, 0.29) is 5.97 Å². The fraction of sp³-hybridized carbons (Fsp3) is 0.949. The first-order valence-electron chi connectivity index (χ1n) is 19.6. The second-order valence-electron chi connectivity index (χ2n) is 12.8. The molecule has 0 spiro atoms. The van der Waals surface area contributed by atoms with E-state index in [4.69, 9.17) is 4.74 Å². The number of halogens is 1. The van der Waals surface area contributed by atoms with Crippen molar-refractivity contribution in [1.82, 2.24) is 4.90 Å². The smallest absolute Gasteiger partial charge is 0.305 e. The largest absolute Gasteiger partial charge is 0.465 e. The molecule has 1 unspecified atom stereocenters. The average molecular weight is 689 g/mol. The summed E-state index contributed by atoms with van der Waals surface area (Å²) in [6.07, 6.45) is 31.7. The van der Waals surface area contributed by atoms with Gasteiger partial charge in [-0.05, 0) is 50.9 Å². The number of amides is 1. The Kier molecular flexibility index (Phi) is 40.0. The molecule has 0 aliphatic rings. The van der Waals surface area contributed by atoms with E-state index in [0.29, 0.717) is 31.3 Å². The lowest BCUT2D eigenvalue weighted by atomic mass is 9.95. The van der Waals surface area contributed by atoms with Crippen molar-refractivity contribution in [3.05, 3.63) is 0 Å². The van der Waals surface area contributed by atoms with Gasteiger partial charge in [0.2, 0.25) is 5.91 Å². The molecule has 0 rings (SSSR count). The maximum absolute atomic E-state index is 12.8. The van der Waals surface area contributed by atoms with Crippen molar-refractivity contribution < 1.29 is 14.3 Å². The van der Waals surface area contributed by atoms with Gasteiger partial charge in [-0.1, -0.05) is 166 Å². The van der Waals surface area contributed by atoms with E-state index in [1.165, 1.54) is 116 Å². The summed E-state index contributed by atoms with van der Waals surface area (Å²) in [6.45, 7) is 13.2. The van der Waals surface area contributed by atoms with Crippen molar-refractivity contribution in [2.75, 3.05) is 25.0 Å². The van der Waals surface area contributed by atoms with E-state index in [1.807, 2.05) is 13.8 Å². The number of esters is 1. The second-order valence-corrected chi connectivity index (χ2v) is 13.6. The molecule has 0 aliphatic carbocycles. The molecular formula is C39H78BrNO3. The number of carbonyl (C=O) groups is 2. The minimum Gasteiger partial charge on any atom is -0.465 e. The highest BCUT2D eigenvalue weighted by Crippen LogP contribution is 2.20. The quantitative estimate of drug-likeness (QED) is 0.0392. The second kappa shape index (κ2) is 38.6. The number of hydrogen-bond donors (Lipinski definition) is 0. The summed E-state index contributed by atoms with van der Waals surface area (Å²) in [7, 11) is 0. The van der Waals surface area contributed by atoms with E-state index >= 15 is 0 Å². The van der Waals surface area contributed by atoms with Gasteiger partial charge in [-0.2, -0.15) is 0 Å². The van der Waals surface area contributed by atoms with Gasteiger partial charge in [-0.25, -0.2) is 0 Å². The van der Waals surface area contributed by atoms with Gasteiger partial charge in [-0.3, -0.25) is 9.59 Å². The summed E-state index contributed by atoms with van der Waals surface area (Å²) in [4.78, 5) is 27.3. The average Bonchev–Trinajstić information content (AvgIpc) is 3.04. The van der Waals surface area contributed by atoms with E-state index < -0.39 is 0 Å². The van der Waals surface area contributed by atoms with Crippen LogP contribution in [-0.4, -0.2) is 41.8 Å². The summed E-state index contributed by atoms with van der Waals surface area (Å²) in [5, 5.41) is 1.03. The van der Waals surface area contributed by atoms with Crippen LogP contribution in [0.5, 0.6) is 0 Å². The minimum atomic E-state index is 0.00450. The molecule has 0 radical (unpaired) electrons. The van der Waals surface area contributed by atoms with E-state index in [0.717, 1.165) is 63.4 Å². The Morgan fingerprint density at radius 1 is 0.545 bits per heavy atom. The highest BCUT2D eigenvalue weighted by molar-refractivity contribution is 9.09. The summed E-state index contributed by atoms with van der Waals surface area (Å²) in [6, 6.07) is 0. The van der Waals surface area contributed by atoms with Crippen LogP contribution in [0.2, 0.25) is 0 Å². The van der Waals surface area contributed by atoms with Gasteiger partial charge in [0.25, 0.3) is 0 Å². The number of unbranched alkanes of at least 4 members (excludes halogenated alkanes) is 18. The molecule has 0 fully saturated rings. The summed E-state index contributed by atoms with van der Waals surface area (Å²) in [5.74, 6) is 0.906. The van der Waals surface area contributed by atoms with E-state index in [2.05, 4.69) is 41.6 Å². The predicted octanol–water partition coefficient (Wildman–Crippen LogP) is 13.0. The van der Waals surface area contributed by atoms with Crippen molar-refractivity contribution in [3.8, 4) is 0 Å². The highest BCUT2D eigenvalue weighted by Gasteiger charge is 2.14. The van der Waals surface area contributed by atoms with E-state index in [9.17, 15) is 9.59 Å². The van der Waals surface area contributed by atoms with Gasteiger partial charge in [0.15, 0.2) is 0 Å². The molecule has 0 aliphatic heterocycles. The molecule has 5 heteroatoms. The molecule has 0 saturated carbocycles. The molecule has 0 aromatic heterocycles. The van der Waals surface area contributed by atoms with Gasteiger partial charge < -0.3 is 9.64 Å². The molecular weight excluding hydrogens is 610 g/mol. The van der Waals surface area contributed by atoms with Crippen LogP contribution in [-0.2, 0) is 14.3 Å². The third kappa shape index (κ3) is 32.8. The number of alkyl halides is 1. The summed E-state index contributed by atoms with van der Waals surface area (Å²) < 4.78 is 5.76. The van der Waals surface area contributed by atoms with Gasteiger partial charge in [0, 0.05) is 31.3 Å². The number of carbonyl (C=O) groups excluding carboxylic acids is 2. The number of rotatable bonds is 33. The predicted molar refractivity (Wildman–Crippen MR) is 198 cm³/mol. The lowest BCUT2D eigenvalue weighted by molar-refractivity contribution is -0.145. The number of hydrogen-bond acceptors (Lipinski definition) is 3. The van der Waals surface area contributed by atoms with Gasteiger partial charge in [-0.15, -0.1) is 0 Å². The fourth-order valence-corrected chi connectivity index (χ4v) is 6.14. The molecule has 1 atom stereocenters. The third-order valence-electron chi connectivity index (χ3n) is 8.63. The fourth-order valence-electron chi connectivity index (χ4n) is 5.74. The standard InChI is InChI=1S/C37H72BrNO3.C2H6/c1-4-7-10-13-16-21-28-35(27-20-11-8-5-2)34-42-37(41)30-23-17-14-15-18-26-33-39(32-25-12-9-6-3)36(40)29-22-19-24-31-38;1-2/h35H,4-34H2,1-3H3;1-2H3. The molecule has 264 valence electrons. The third-order valence-corrected chi connectivity index (χ3v) is 9.19. The molecule has 0 aromatic carbocycles. The van der Waals surface area contributed by atoms with Crippen molar-refractivity contribution in [2.45, 2.75) is 208 Å². The van der Waals surface area contributed by atoms with Crippen LogP contribution in [0.1, 0.15) is 208 Å². The first-order chi connectivity index (χ1) is 21.6. The SMILES string of the molecule is CC.CCCCCCCCC(CCCCCC)COC(=O)CCCCCCCCN(CCCCCC)C(=O)CCCCCBr. The Bertz CT molecular complexity index is 586. The maximum Gasteiger partial charge on any atom is 0.305 e. The highest BCUT2D eigenvalue weighted by atomic mass is 79.9. The molecule has 0 saturated heterocycles. The molecule has 0 bridgehead atoms. The molecule has 1 amide bonds. The Morgan fingerprint density at radius 3 is 1.50 bits per heavy atom. The van der Waals surface area contributed by atoms with Crippen molar-refractivity contribution in [1.29, 1.82) is 0 Å². The maximum atomic E-state index is 12.8. The minimum absolute atomic E-state index is 0.00450. The van der Waals surface area contributed by atoms with Crippen LogP contribution in [0.3, 0.4) is 0 Å². The van der Waals surface area contributed by atoms with Crippen LogP contribution in [0.4, 0.5) is 0 Å². The van der Waals surface area contributed by atoms with Crippen LogP contribution in [0, 0.1) is 5.92 Å². The van der Waals surface area contributed by atoms with Gasteiger partial charge in [0.05, 0.1) is 6.61 Å². The normalized spacial score (nSPS) is 11.6. The molecule has 44 heavy (non-hydrogen) atoms. The number of ether oxygens (including phenoxy) is 1. The lowest BCUT2D eigenvalue weighted by Crippen LogP contribution is -2.32. The van der Waals surface area contributed by atoms with Crippen LogP contribution < -0.4 is 0 Å². The topological polar surface area (TPSA) is 46.6 Å². The zero-order chi connectivity index (χ0) is 32.9. The van der Waals surface area contributed by atoms with Crippen LogP contribution in [0.15, 0.2) is 0 Å². The van der Waals surface area contributed by atoms with Gasteiger partial charge >= 0.3 is 5.97 Å². The zero-order valence-electron chi connectivity index (χ0n) is 30.5. The lowest BCUT2D eigenvalue weighted by Gasteiger charge is -2.23. The Hall–Kier alpha value is -0.580.